The van der Waals surface area contributed by atoms with Crippen molar-refractivity contribution < 1.29 is 9.31 Å². The van der Waals surface area contributed by atoms with Gasteiger partial charge in [-0.1, -0.05) is 74.4 Å². The first kappa shape index (κ1) is 23.2. The average Bonchev–Trinajstić information content (AvgIpc) is 2.83. The molecule has 0 saturated heterocycles. The van der Waals surface area contributed by atoms with E-state index in [1.807, 2.05) is 44.5 Å². The lowest BCUT2D eigenvalue weighted by Crippen LogP contribution is -2.09. The van der Waals surface area contributed by atoms with Crippen LogP contribution in [0, 0.1) is 0 Å². The standard InChI is InChI=1S/C29H24Br2NO/c1-32(2)27-17-7-21(8-18-27)5-3-4-6-28-19-24(22-9-13-25(30)14-10-22)20-29(33-28)23-11-15-26(31)16-12-23/h3-20H,1-2H3/q+1/b4-3+,28-6+. The maximum atomic E-state index is 6.23. The van der Waals surface area contributed by atoms with Crippen LogP contribution in [0.3, 0.4) is 0 Å². The molecule has 2 aromatic rings. The summed E-state index contributed by atoms with van der Waals surface area (Å²) >= 11 is 7.02. The van der Waals surface area contributed by atoms with Crippen LogP contribution in [0.1, 0.15) is 11.1 Å². The van der Waals surface area contributed by atoms with Gasteiger partial charge in [0.25, 0.3) is 0 Å². The molecule has 0 atom stereocenters. The number of benzene rings is 2. The van der Waals surface area contributed by atoms with Crippen LogP contribution in [0.2, 0.25) is 0 Å². The van der Waals surface area contributed by atoms with E-state index >= 15 is 0 Å². The van der Waals surface area contributed by atoms with Gasteiger partial charge in [0, 0.05) is 26.7 Å². The molecule has 2 aliphatic rings. The van der Waals surface area contributed by atoms with Gasteiger partial charge < -0.3 is 4.74 Å². The molecule has 2 nitrogen and oxygen atoms in total. The highest BCUT2D eigenvalue weighted by atomic mass is 79.9. The molecule has 1 heterocycles. The SMILES string of the molecule is C[N+](C)=C1C=CC(=C/C=C/C=C2\C=C(c3ccc(Br)cc3)C=C(c3ccc(Br)cc3)O2)C=C1. The van der Waals surface area contributed by atoms with E-state index in [0.29, 0.717) is 0 Å². The van der Waals surface area contributed by atoms with Crippen molar-refractivity contribution in [3.8, 4) is 0 Å². The van der Waals surface area contributed by atoms with Gasteiger partial charge in [-0.15, -0.1) is 0 Å². The normalized spacial score (nSPS) is 16.7. The predicted octanol–water partition coefficient (Wildman–Crippen LogP) is 7.87. The summed E-state index contributed by atoms with van der Waals surface area (Å²) < 4.78 is 10.4. The van der Waals surface area contributed by atoms with E-state index in [0.717, 1.165) is 42.7 Å². The Hall–Kier alpha value is -2.95. The monoisotopic (exact) mass is 560 g/mol. The Morgan fingerprint density at radius 1 is 0.697 bits per heavy atom. The smallest absolute Gasteiger partial charge is 0.199 e. The summed E-state index contributed by atoms with van der Waals surface area (Å²) in [5.74, 6) is 1.62. The second-order valence-electron chi connectivity index (χ2n) is 7.83. The second-order valence-corrected chi connectivity index (χ2v) is 9.66. The van der Waals surface area contributed by atoms with Gasteiger partial charge in [-0.3, -0.25) is 0 Å². The van der Waals surface area contributed by atoms with Crippen molar-refractivity contribution in [3.63, 3.8) is 0 Å². The lowest BCUT2D eigenvalue weighted by Gasteiger charge is -2.18. The molecule has 0 radical (unpaired) electrons. The molecule has 0 saturated carbocycles. The summed E-state index contributed by atoms with van der Waals surface area (Å²) in [6.07, 6.45) is 20.7. The lowest BCUT2D eigenvalue weighted by atomic mass is 10.0. The van der Waals surface area contributed by atoms with Gasteiger partial charge in [-0.2, -0.15) is 0 Å². The van der Waals surface area contributed by atoms with Crippen LogP contribution < -0.4 is 0 Å². The molecular formula is C29H24Br2NO+. The molecule has 164 valence electrons. The molecular weight excluding hydrogens is 538 g/mol. The number of nitrogens with zero attached hydrogens (tertiary/aromatic N) is 1. The zero-order valence-corrected chi connectivity index (χ0v) is 21.7. The van der Waals surface area contributed by atoms with E-state index in [1.54, 1.807) is 0 Å². The molecule has 0 N–H and O–H groups in total. The number of hydrogen-bond donors (Lipinski definition) is 0. The van der Waals surface area contributed by atoms with E-state index in [2.05, 4.69) is 115 Å². The summed E-state index contributed by atoms with van der Waals surface area (Å²) in [6.45, 7) is 0. The van der Waals surface area contributed by atoms with E-state index < -0.39 is 0 Å². The number of rotatable bonds is 4. The molecule has 0 spiro atoms. The van der Waals surface area contributed by atoms with Gasteiger partial charge in [0.1, 0.15) is 25.6 Å². The first-order valence-corrected chi connectivity index (χ1v) is 12.2. The van der Waals surface area contributed by atoms with E-state index in [4.69, 9.17) is 4.74 Å². The van der Waals surface area contributed by atoms with Gasteiger partial charge in [0.05, 0.1) is 0 Å². The molecule has 2 aromatic carbocycles. The third-order valence-corrected chi connectivity index (χ3v) is 6.25. The Morgan fingerprint density at radius 3 is 1.88 bits per heavy atom. The quantitative estimate of drug-likeness (QED) is 0.346. The highest BCUT2D eigenvalue weighted by Crippen LogP contribution is 2.32. The molecule has 0 aromatic heterocycles. The molecule has 0 bridgehead atoms. The highest BCUT2D eigenvalue weighted by Gasteiger charge is 2.14. The van der Waals surface area contributed by atoms with Crippen molar-refractivity contribution >= 4 is 48.9 Å². The molecule has 0 fully saturated rings. The summed E-state index contributed by atoms with van der Waals surface area (Å²) in [7, 11) is 4.09. The van der Waals surface area contributed by atoms with Gasteiger partial charge >= 0.3 is 0 Å². The average molecular weight is 562 g/mol. The fourth-order valence-electron chi connectivity index (χ4n) is 3.37. The summed E-state index contributed by atoms with van der Waals surface area (Å²) in [5.41, 5.74) is 5.62. The van der Waals surface area contributed by atoms with Crippen molar-refractivity contribution in [2.75, 3.05) is 14.1 Å². The van der Waals surface area contributed by atoms with Crippen LogP contribution in [0.25, 0.3) is 11.3 Å². The third kappa shape index (κ3) is 6.31. The van der Waals surface area contributed by atoms with E-state index in [-0.39, 0.29) is 0 Å². The lowest BCUT2D eigenvalue weighted by molar-refractivity contribution is -0.462. The minimum Gasteiger partial charge on any atom is -0.457 e. The zero-order valence-electron chi connectivity index (χ0n) is 18.5. The molecule has 0 amide bonds. The van der Waals surface area contributed by atoms with Crippen LogP contribution in [0.15, 0.2) is 130 Å². The van der Waals surface area contributed by atoms with Crippen LogP contribution in [0.5, 0.6) is 0 Å². The fraction of sp³-hybridized carbons (Fsp3) is 0.0690. The van der Waals surface area contributed by atoms with Crippen molar-refractivity contribution in [2.45, 2.75) is 0 Å². The van der Waals surface area contributed by atoms with Gasteiger partial charge in [-0.25, -0.2) is 4.58 Å². The summed E-state index contributed by atoms with van der Waals surface area (Å²) in [4.78, 5) is 0. The Labute approximate surface area is 212 Å². The zero-order chi connectivity index (χ0) is 23.2. The van der Waals surface area contributed by atoms with E-state index in [9.17, 15) is 0 Å². The Balaban J connectivity index is 1.60. The molecule has 1 aliphatic carbocycles. The van der Waals surface area contributed by atoms with Crippen LogP contribution in [0.4, 0.5) is 0 Å². The van der Waals surface area contributed by atoms with Gasteiger partial charge in [-0.05, 0) is 71.4 Å². The molecule has 33 heavy (non-hydrogen) atoms. The topological polar surface area (TPSA) is 12.2 Å². The van der Waals surface area contributed by atoms with Gasteiger partial charge in [0.2, 0.25) is 0 Å². The molecule has 0 unspecified atom stereocenters. The maximum absolute atomic E-state index is 6.23. The van der Waals surface area contributed by atoms with Crippen LogP contribution in [-0.2, 0) is 4.74 Å². The molecule has 1 aliphatic heterocycles. The largest absolute Gasteiger partial charge is 0.457 e. The van der Waals surface area contributed by atoms with Crippen LogP contribution in [-0.4, -0.2) is 24.4 Å². The van der Waals surface area contributed by atoms with Gasteiger partial charge in [0.15, 0.2) is 5.71 Å². The minimum atomic E-state index is 0.793. The fourth-order valence-corrected chi connectivity index (χ4v) is 3.90. The first-order chi connectivity index (χ1) is 16.0. The maximum Gasteiger partial charge on any atom is 0.199 e. The molecule has 4 heteroatoms. The number of ether oxygens (including phenoxy) is 1. The number of halogens is 2. The molecule has 4 rings (SSSR count). The minimum absolute atomic E-state index is 0.793. The first-order valence-electron chi connectivity index (χ1n) is 10.6. The summed E-state index contributed by atoms with van der Waals surface area (Å²) in [5, 5.41) is 0. The van der Waals surface area contributed by atoms with Crippen LogP contribution >= 0.6 is 31.9 Å². The number of hydrogen-bond acceptors (Lipinski definition) is 1. The third-order valence-electron chi connectivity index (χ3n) is 5.19. The van der Waals surface area contributed by atoms with Crippen molar-refractivity contribution in [2.24, 2.45) is 0 Å². The Bertz CT molecular complexity index is 1260. The van der Waals surface area contributed by atoms with E-state index in [1.165, 1.54) is 5.71 Å². The summed E-state index contributed by atoms with van der Waals surface area (Å²) in [6, 6.07) is 16.5. The second kappa shape index (κ2) is 10.8. The Morgan fingerprint density at radius 2 is 1.27 bits per heavy atom. The predicted molar refractivity (Wildman–Crippen MR) is 146 cm³/mol. The van der Waals surface area contributed by atoms with Crippen molar-refractivity contribution in [3.05, 3.63) is 141 Å². The van der Waals surface area contributed by atoms with Crippen molar-refractivity contribution in [1.29, 1.82) is 0 Å². The Kier molecular flexibility index (Phi) is 7.58. The highest BCUT2D eigenvalue weighted by molar-refractivity contribution is 9.10. The van der Waals surface area contributed by atoms with Crippen molar-refractivity contribution in [1.82, 2.24) is 0 Å². The number of allylic oxidation sites excluding steroid dienone is 12.